The fourth-order valence-corrected chi connectivity index (χ4v) is 2.27. The lowest BCUT2D eigenvalue weighted by Crippen LogP contribution is -2.15. The highest BCUT2D eigenvalue weighted by Crippen LogP contribution is 2.36. The van der Waals surface area contributed by atoms with E-state index in [4.69, 9.17) is 11.6 Å². The summed E-state index contributed by atoms with van der Waals surface area (Å²) in [5.74, 6) is 0.798. The summed E-state index contributed by atoms with van der Waals surface area (Å²) in [7, 11) is 0. The Labute approximate surface area is 63.0 Å². The highest BCUT2D eigenvalue weighted by molar-refractivity contribution is 6.59. The minimum atomic E-state index is 0.477. The summed E-state index contributed by atoms with van der Waals surface area (Å²) in [6.07, 6.45) is 3.94. The van der Waals surface area contributed by atoms with Gasteiger partial charge in [-0.05, 0) is 12.2 Å². The van der Waals surface area contributed by atoms with Gasteiger partial charge in [-0.1, -0.05) is 26.5 Å². The molecular weight excluding hydrogens is 130 g/mol. The van der Waals surface area contributed by atoms with Gasteiger partial charge in [0.2, 0.25) is 0 Å². The molecule has 0 N–H and O–H groups in total. The lowest BCUT2D eigenvalue weighted by molar-refractivity contribution is 0.862. The zero-order valence-corrected chi connectivity index (χ0v) is 6.99. The molecule has 0 aliphatic heterocycles. The predicted molar refractivity (Wildman–Crippen MR) is 44.7 cm³/mol. The molecule has 0 nitrogen and oxygen atoms in total. The Hall–Kier alpha value is 0.355. The van der Waals surface area contributed by atoms with Crippen LogP contribution in [-0.4, -0.2) is 12.1 Å². The molecule has 0 aromatic rings. The molecule has 2 unspecified atom stereocenters. The molecule has 2 heteroatoms. The molecule has 0 aromatic heterocycles. The van der Waals surface area contributed by atoms with Crippen LogP contribution in [-0.2, 0) is 0 Å². The van der Waals surface area contributed by atoms with Gasteiger partial charge in [-0.25, -0.2) is 0 Å². The molecule has 1 aliphatic carbocycles. The third-order valence-corrected chi connectivity index (χ3v) is 2.88. The van der Waals surface area contributed by atoms with Gasteiger partial charge >= 0.3 is 0 Å². The summed E-state index contributed by atoms with van der Waals surface area (Å²) in [6, 6.07) is 0. The van der Waals surface area contributed by atoms with E-state index in [-0.39, 0.29) is 0 Å². The van der Waals surface area contributed by atoms with Crippen LogP contribution >= 0.6 is 11.6 Å². The van der Waals surface area contributed by atoms with Gasteiger partial charge in [-0.3, -0.25) is 0 Å². The van der Waals surface area contributed by atoms with Crippen molar-refractivity contribution in [3.63, 3.8) is 0 Å². The number of rotatable bonds is 1. The number of halogens is 1. The lowest BCUT2D eigenvalue weighted by Gasteiger charge is -2.14. The molecule has 0 aromatic carbocycles. The van der Waals surface area contributed by atoms with Crippen molar-refractivity contribution in [2.75, 3.05) is 0 Å². The van der Waals surface area contributed by atoms with Gasteiger partial charge < -0.3 is 0 Å². The first kappa shape index (κ1) is 7.46. The third kappa shape index (κ3) is 1.64. The Morgan fingerprint density at radius 2 is 2.00 bits per heavy atom. The second-order valence-electron chi connectivity index (χ2n) is 3.35. The zero-order valence-electron chi connectivity index (χ0n) is 6.23. The molecule has 1 fully saturated rings. The average molecular weight is 144 g/mol. The fourth-order valence-electron chi connectivity index (χ4n) is 1.69. The van der Waals surface area contributed by atoms with Crippen molar-refractivity contribution < 1.29 is 0 Å². The van der Waals surface area contributed by atoms with Crippen LogP contribution in [0.3, 0.4) is 0 Å². The van der Waals surface area contributed by atoms with Gasteiger partial charge in [0.05, 0.1) is 0 Å². The van der Waals surface area contributed by atoms with Crippen molar-refractivity contribution in [1.29, 1.82) is 0 Å². The van der Waals surface area contributed by atoms with E-state index in [1.807, 2.05) is 0 Å². The number of hydrogen-bond acceptors (Lipinski definition) is 0. The maximum atomic E-state index is 6.07. The van der Waals surface area contributed by atoms with Crippen LogP contribution in [0.15, 0.2) is 0 Å². The third-order valence-electron chi connectivity index (χ3n) is 2.34. The molecule has 0 spiro atoms. The summed E-state index contributed by atoms with van der Waals surface area (Å²) >= 11 is 6.07. The largest absolute Gasteiger partial charge is 0.138 e. The highest BCUT2D eigenvalue weighted by atomic mass is 35.5. The molecule has 9 heavy (non-hydrogen) atoms. The van der Waals surface area contributed by atoms with Crippen molar-refractivity contribution in [2.24, 2.45) is 0 Å². The smallest absolute Gasteiger partial charge is 0.123 e. The van der Waals surface area contributed by atoms with Gasteiger partial charge in [0.25, 0.3) is 0 Å². The lowest BCUT2D eigenvalue weighted by atomic mass is 9.44. The quantitative estimate of drug-likeness (QED) is 0.392. The molecule has 52 valence electrons. The molecular formula is C7H14BCl. The van der Waals surface area contributed by atoms with Crippen LogP contribution < -0.4 is 0 Å². The zero-order chi connectivity index (χ0) is 6.85. The molecule has 0 radical (unpaired) electrons. The van der Waals surface area contributed by atoms with Gasteiger partial charge in [0, 0.05) is 5.38 Å². The normalized spacial score (nSPS) is 35.0. The first-order valence-corrected chi connectivity index (χ1v) is 4.29. The minimum absolute atomic E-state index is 0.477. The number of alkyl halides is 1. The second kappa shape index (κ2) is 2.96. The summed E-state index contributed by atoms with van der Waals surface area (Å²) in [5, 5.41) is 0.477. The average Bonchev–Trinajstić information content (AvgIpc) is 2.13. The highest BCUT2D eigenvalue weighted by Gasteiger charge is 2.28. The van der Waals surface area contributed by atoms with E-state index < -0.39 is 0 Å². The Balaban J connectivity index is 2.40. The van der Waals surface area contributed by atoms with Crippen molar-refractivity contribution in [1.82, 2.24) is 0 Å². The van der Waals surface area contributed by atoms with E-state index in [2.05, 4.69) is 13.6 Å². The SMILES string of the molecule is CB(C)C1CCCC1Cl. The standard InChI is InChI=1S/C7H14BCl/c1-8(2)6-4-3-5-7(6)9/h6-7H,3-5H2,1-2H3. The van der Waals surface area contributed by atoms with Gasteiger partial charge in [0.15, 0.2) is 0 Å². The monoisotopic (exact) mass is 144 g/mol. The van der Waals surface area contributed by atoms with Crippen molar-refractivity contribution >= 4 is 18.3 Å². The molecule has 2 atom stereocenters. The topological polar surface area (TPSA) is 0 Å². The van der Waals surface area contributed by atoms with Gasteiger partial charge in [-0.2, -0.15) is 0 Å². The molecule has 1 aliphatic rings. The maximum absolute atomic E-state index is 6.07. The molecule has 0 heterocycles. The van der Waals surface area contributed by atoms with Gasteiger partial charge in [0.1, 0.15) is 6.71 Å². The minimum Gasteiger partial charge on any atom is -0.123 e. The van der Waals surface area contributed by atoms with Crippen LogP contribution in [0.1, 0.15) is 19.3 Å². The van der Waals surface area contributed by atoms with E-state index in [0.717, 1.165) is 12.5 Å². The number of hydrogen-bond donors (Lipinski definition) is 0. The van der Waals surface area contributed by atoms with E-state index in [1.165, 1.54) is 19.3 Å². The second-order valence-corrected chi connectivity index (χ2v) is 3.92. The first-order chi connectivity index (χ1) is 4.22. The summed E-state index contributed by atoms with van der Waals surface area (Å²) in [4.78, 5) is 0. The summed E-state index contributed by atoms with van der Waals surface area (Å²) < 4.78 is 0. The van der Waals surface area contributed by atoms with Crippen molar-refractivity contribution in [2.45, 2.75) is 44.1 Å². The van der Waals surface area contributed by atoms with E-state index in [9.17, 15) is 0 Å². The van der Waals surface area contributed by atoms with Crippen LogP contribution in [0, 0.1) is 0 Å². The molecule has 1 saturated carbocycles. The Morgan fingerprint density at radius 3 is 2.22 bits per heavy atom. The fraction of sp³-hybridized carbons (Fsp3) is 1.00. The van der Waals surface area contributed by atoms with Crippen LogP contribution in [0.2, 0.25) is 19.5 Å². The van der Waals surface area contributed by atoms with E-state index in [0.29, 0.717) is 5.38 Å². The predicted octanol–water partition coefficient (Wildman–Crippen LogP) is 2.90. The van der Waals surface area contributed by atoms with Crippen LogP contribution in [0.4, 0.5) is 0 Å². The molecule has 0 amide bonds. The molecule has 0 saturated heterocycles. The van der Waals surface area contributed by atoms with Crippen LogP contribution in [0.5, 0.6) is 0 Å². The Kier molecular flexibility index (Phi) is 2.45. The van der Waals surface area contributed by atoms with E-state index >= 15 is 0 Å². The molecule has 1 rings (SSSR count). The first-order valence-electron chi connectivity index (χ1n) is 3.86. The van der Waals surface area contributed by atoms with E-state index in [1.54, 1.807) is 0 Å². The molecule has 0 bridgehead atoms. The van der Waals surface area contributed by atoms with Crippen LogP contribution in [0.25, 0.3) is 0 Å². The van der Waals surface area contributed by atoms with Crippen molar-refractivity contribution in [3.8, 4) is 0 Å². The summed E-state index contributed by atoms with van der Waals surface area (Å²) in [5.41, 5.74) is 0. The Morgan fingerprint density at radius 1 is 1.33 bits per heavy atom. The van der Waals surface area contributed by atoms with Crippen molar-refractivity contribution in [3.05, 3.63) is 0 Å². The maximum Gasteiger partial charge on any atom is 0.138 e. The Bertz CT molecular complexity index is 92.9. The summed E-state index contributed by atoms with van der Waals surface area (Å²) in [6.45, 7) is 5.33. The van der Waals surface area contributed by atoms with Gasteiger partial charge in [-0.15, -0.1) is 11.6 Å².